The number of aliphatic hydroxyl groups is 2. The number of anilines is 1. The Morgan fingerprint density at radius 1 is 1.03 bits per heavy atom. The molecule has 0 amide bonds. The highest BCUT2D eigenvalue weighted by molar-refractivity contribution is 6.99. The lowest BCUT2D eigenvalue weighted by molar-refractivity contribution is -0.0778. The van der Waals surface area contributed by atoms with Gasteiger partial charge in [-0.1, -0.05) is 81.4 Å². The van der Waals surface area contributed by atoms with Crippen LogP contribution in [0.4, 0.5) is 5.82 Å². The first-order valence-electron chi connectivity index (χ1n) is 12.3. The lowest BCUT2D eigenvalue weighted by Gasteiger charge is -2.44. The molecule has 1 aliphatic heterocycles. The largest absolute Gasteiger partial charge is 0.405 e. The van der Waals surface area contributed by atoms with Gasteiger partial charge in [0.15, 0.2) is 17.7 Å². The predicted molar refractivity (Wildman–Crippen MR) is 144 cm³/mol. The number of nitrogen functional groups attached to an aromatic ring is 1. The number of aliphatic hydroxyl groups excluding tert-OH is 1. The minimum atomic E-state index is -2.87. The van der Waals surface area contributed by atoms with Crippen molar-refractivity contribution in [3.8, 4) is 0 Å². The Kier molecular flexibility index (Phi) is 6.41. The first kappa shape index (κ1) is 25.5. The maximum Gasteiger partial charge on any atom is 0.261 e. The quantitative estimate of drug-likeness (QED) is 0.330. The number of benzene rings is 2. The van der Waals surface area contributed by atoms with Gasteiger partial charge in [-0.2, -0.15) is 0 Å². The van der Waals surface area contributed by atoms with Gasteiger partial charge in [0.1, 0.15) is 29.7 Å². The average Bonchev–Trinajstić information content (AvgIpc) is 3.40. The molecule has 0 saturated carbocycles. The maximum absolute atomic E-state index is 11.4. The monoisotopic (exact) mass is 519 g/mol. The van der Waals surface area contributed by atoms with Crippen LogP contribution in [0.1, 0.15) is 33.9 Å². The molecule has 4 atom stereocenters. The van der Waals surface area contributed by atoms with Crippen LogP contribution in [0.3, 0.4) is 0 Å². The van der Waals surface area contributed by atoms with E-state index in [0.29, 0.717) is 11.2 Å². The van der Waals surface area contributed by atoms with E-state index in [9.17, 15) is 10.2 Å². The molecular weight excluding hydrogens is 486 g/mol. The molecule has 3 heterocycles. The molecule has 1 aliphatic rings. The third kappa shape index (κ3) is 4.14. The molecule has 0 radical (unpaired) electrons. The van der Waals surface area contributed by atoms with E-state index < -0.39 is 32.4 Å². The second-order valence-corrected chi connectivity index (χ2v) is 15.0. The number of nitrogens with zero attached hydrogens (tertiary/aromatic N) is 4. The predicted octanol–water partition coefficient (Wildman–Crippen LogP) is 1.99. The van der Waals surface area contributed by atoms with E-state index in [1.54, 1.807) is 11.5 Å². The van der Waals surface area contributed by atoms with Crippen LogP contribution in [0.5, 0.6) is 0 Å². The van der Waals surface area contributed by atoms with E-state index in [-0.39, 0.29) is 17.5 Å². The van der Waals surface area contributed by atoms with Crippen molar-refractivity contribution < 1.29 is 19.4 Å². The summed E-state index contributed by atoms with van der Waals surface area (Å²) in [5.74, 6) is 0.231. The second kappa shape index (κ2) is 9.30. The van der Waals surface area contributed by atoms with Crippen molar-refractivity contribution in [2.75, 3.05) is 12.3 Å². The molecular formula is C27H33N5O4Si. The van der Waals surface area contributed by atoms with Crippen LogP contribution in [0.15, 0.2) is 73.3 Å². The van der Waals surface area contributed by atoms with Gasteiger partial charge in [0.25, 0.3) is 8.32 Å². The summed E-state index contributed by atoms with van der Waals surface area (Å²) in [4.78, 5) is 12.5. The summed E-state index contributed by atoms with van der Waals surface area (Å²) in [6.45, 7) is 8.21. The lowest BCUT2D eigenvalue weighted by atomic mass is 9.95. The molecule has 1 saturated heterocycles. The first-order chi connectivity index (χ1) is 17.6. The lowest BCUT2D eigenvalue weighted by Crippen LogP contribution is -2.67. The maximum atomic E-state index is 11.4. The van der Waals surface area contributed by atoms with Crippen molar-refractivity contribution >= 4 is 35.7 Å². The molecule has 1 fully saturated rings. The summed E-state index contributed by atoms with van der Waals surface area (Å²) in [6, 6.07) is 20.5. The van der Waals surface area contributed by atoms with Crippen molar-refractivity contribution in [1.29, 1.82) is 0 Å². The molecule has 37 heavy (non-hydrogen) atoms. The molecule has 4 aromatic rings. The third-order valence-electron chi connectivity index (χ3n) is 7.35. The average molecular weight is 520 g/mol. The van der Waals surface area contributed by atoms with Gasteiger partial charge in [-0.3, -0.25) is 4.57 Å². The van der Waals surface area contributed by atoms with Crippen molar-refractivity contribution in [3.63, 3.8) is 0 Å². The van der Waals surface area contributed by atoms with Gasteiger partial charge in [-0.15, -0.1) is 0 Å². The third-order valence-corrected chi connectivity index (χ3v) is 12.4. The fourth-order valence-electron chi connectivity index (χ4n) is 5.30. The van der Waals surface area contributed by atoms with Gasteiger partial charge < -0.3 is 25.1 Å². The fourth-order valence-corrected chi connectivity index (χ4v) is 9.86. The standard InChI is InChI=1S/C27H33N5O4Si/c1-26(2,3)37(18-11-7-5-8-12-18,19-13-9-6-10-14-19)35-15-20-27(4,34)22(33)25(36-20)32-17-31-21-23(28)29-16-30-24(21)32/h5-14,16-17,20,22,25,33-34H,15H2,1-4H3,(H2,28,29,30)/t20-,22?,25-,27?/m1/s1. The summed E-state index contributed by atoms with van der Waals surface area (Å²) in [7, 11) is -2.87. The first-order valence-corrected chi connectivity index (χ1v) is 14.2. The minimum absolute atomic E-state index is 0.0809. The van der Waals surface area contributed by atoms with E-state index in [2.05, 4.69) is 60.0 Å². The Morgan fingerprint density at radius 2 is 1.62 bits per heavy atom. The Morgan fingerprint density at radius 3 is 2.19 bits per heavy atom. The summed E-state index contributed by atoms with van der Waals surface area (Å²) in [6.07, 6.45) is -0.175. The van der Waals surface area contributed by atoms with E-state index >= 15 is 0 Å². The van der Waals surface area contributed by atoms with E-state index in [1.807, 2.05) is 36.4 Å². The van der Waals surface area contributed by atoms with Gasteiger partial charge in [0, 0.05) is 0 Å². The van der Waals surface area contributed by atoms with E-state index in [4.69, 9.17) is 14.9 Å². The molecule has 2 aromatic carbocycles. The molecule has 0 bridgehead atoms. The van der Waals surface area contributed by atoms with Crippen LogP contribution >= 0.6 is 0 Å². The normalized spacial score (nSPS) is 24.5. The highest BCUT2D eigenvalue weighted by Crippen LogP contribution is 2.41. The topological polar surface area (TPSA) is 129 Å². The van der Waals surface area contributed by atoms with Crippen molar-refractivity contribution in [3.05, 3.63) is 73.3 Å². The highest BCUT2D eigenvalue weighted by atomic mass is 28.4. The summed E-state index contributed by atoms with van der Waals surface area (Å²) < 4.78 is 14.8. The van der Waals surface area contributed by atoms with Crippen LogP contribution in [-0.4, -0.2) is 62.5 Å². The van der Waals surface area contributed by atoms with E-state index in [1.165, 1.54) is 12.7 Å². The Hall–Kier alpha value is -3.15. The van der Waals surface area contributed by atoms with Crippen molar-refractivity contribution in [2.24, 2.45) is 0 Å². The number of nitrogens with two attached hydrogens (primary N) is 1. The van der Waals surface area contributed by atoms with Crippen molar-refractivity contribution in [1.82, 2.24) is 19.5 Å². The number of rotatable bonds is 6. The molecule has 2 unspecified atom stereocenters. The number of hydrogen-bond donors (Lipinski definition) is 3. The fraction of sp³-hybridized carbons (Fsp3) is 0.370. The Bertz CT molecular complexity index is 1330. The smallest absolute Gasteiger partial charge is 0.261 e. The summed E-state index contributed by atoms with van der Waals surface area (Å²) in [5.41, 5.74) is 5.17. The SMILES string of the molecule is CC1(O)C(O)[C@H](n2cnc3c(N)ncnc32)O[C@@H]1CO[Si](c1ccccc1)(c1ccccc1)C(C)(C)C. The van der Waals surface area contributed by atoms with Gasteiger partial charge in [-0.05, 0) is 22.3 Å². The van der Waals surface area contributed by atoms with Crippen LogP contribution < -0.4 is 16.1 Å². The molecule has 5 rings (SSSR count). The molecule has 10 heteroatoms. The minimum Gasteiger partial charge on any atom is -0.405 e. The van der Waals surface area contributed by atoms with Crippen LogP contribution in [-0.2, 0) is 9.16 Å². The van der Waals surface area contributed by atoms with Gasteiger partial charge in [0.05, 0.1) is 12.9 Å². The van der Waals surface area contributed by atoms with Gasteiger partial charge in [-0.25, -0.2) is 15.0 Å². The zero-order chi connectivity index (χ0) is 26.4. The molecule has 2 aromatic heterocycles. The zero-order valence-electron chi connectivity index (χ0n) is 21.4. The molecule has 194 valence electrons. The Balaban J connectivity index is 1.51. The molecule has 4 N–H and O–H groups in total. The number of aromatic nitrogens is 4. The van der Waals surface area contributed by atoms with Gasteiger partial charge >= 0.3 is 0 Å². The number of ether oxygens (including phenoxy) is 1. The second-order valence-electron chi connectivity index (χ2n) is 10.7. The van der Waals surface area contributed by atoms with Gasteiger partial charge in [0.2, 0.25) is 0 Å². The number of imidazole rings is 1. The molecule has 9 nitrogen and oxygen atoms in total. The van der Waals surface area contributed by atoms with Crippen LogP contribution in [0.25, 0.3) is 11.2 Å². The van der Waals surface area contributed by atoms with Crippen LogP contribution in [0.2, 0.25) is 5.04 Å². The van der Waals surface area contributed by atoms with Crippen LogP contribution in [0, 0.1) is 0 Å². The molecule has 0 aliphatic carbocycles. The summed E-state index contributed by atoms with van der Waals surface area (Å²) in [5, 5.41) is 24.6. The Labute approximate surface area is 217 Å². The summed E-state index contributed by atoms with van der Waals surface area (Å²) >= 11 is 0. The van der Waals surface area contributed by atoms with Crippen molar-refractivity contribution in [2.45, 2.75) is 56.8 Å². The number of fused-ring (bicyclic) bond motifs is 1. The highest BCUT2D eigenvalue weighted by Gasteiger charge is 2.56. The molecule has 0 spiro atoms. The van der Waals surface area contributed by atoms with E-state index in [0.717, 1.165) is 10.4 Å². The zero-order valence-corrected chi connectivity index (χ0v) is 22.4. The number of hydrogen-bond acceptors (Lipinski definition) is 8.